The predicted octanol–water partition coefficient (Wildman–Crippen LogP) is 7.38. The molecule has 0 aromatic heterocycles. The van der Waals surface area contributed by atoms with E-state index >= 15 is 0 Å². The van der Waals surface area contributed by atoms with Gasteiger partial charge in [0.2, 0.25) is 23.6 Å². The zero-order valence-electron chi connectivity index (χ0n) is 52.0. The van der Waals surface area contributed by atoms with E-state index in [0.717, 1.165) is 49.0 Å². The fourth-order valence-electron chi connectivity index (χ4n) is 7.20. The highest BCUT2D eigenvalue weighted by molar-refractivity contribution is 14.2. The fraction of sp³-hybridized carbons (Fsp3) is 0.678. The van der Waals surface area contributed by atoms with Gasteiger partial charge >= 0.3 is 24.1 Å². The third-order valence-electron chi connectivity index (χ3n) is 12.8. The number of carboxylic acid groups (broad SMARTS) is 2. The number of hydrogen-bond acceptors (Lipinski definition) is 16. The van der Waals surface area contributed by atoms with Gasteiger partial charge in [-0.15, -0.1) is 0 Å². The minimum Gasteiger partial charge on any atom is -0.480 e. The molecule has 1 aromatic rings. The number of aldehydes is 1. The Kier molecular flexibility index (Phi) is 47.9. The molecule has 0 heterocycles. The number of halogens is 1. The topological polar surface area (TPSA) is 307 Å². The van der Waals surface area contributed by atoms with E-state index in [2.05, 4.69) is 88.5 Å². The van der Waals surface area contributed by atoms with Crippen molar-refractivity contribution in [2.75, 3.05) is 92.8 Å². The molecule has 1 rings (SSSR count). The maximum Gasteiger partial charge on any atom is 0.412 e. The smallest absolute Gasteiger partial charge is 0.412 e. The summed E-state index contributed by atoms with van der Waals surface area (Å²) in [7, 11) is 6.10. The molecular weight excluding hydrogens is 1220 g/mol. The number of carboxylic acids is 2. The first kappa shape index (κ1) is 80.7. The number of amides is 6. The van der Waals surface area contributed by atoms with Crippen molar-refractivity contribution in [3.63, 3.8) is 0 Å². The number of likely N-dealkylation sites (N-methyl/N-ethyl adjacent to an activating group) is 3. The van der Waals surface area contributed by atoms with Gasteiger partial charge in [-0.05, 0) is 137 Å². The summed E-state index contributed by atoms with van der Waals surface area (Å²) in [4.78, 5) is 111. The van der Waals surface area contributed by atoms with Gasteiger partial charge in [-0.1, -0.05) is 79.8 Å². The lowest BCUT2D eigenvalue weighted by Gasteiger charge is -2.32. The normalized spacial score (nSPS) is 13.4. The first-order chi connectivity index (χ1) is 39.8. The van der Waals surface area contributed by atoms with Gasteiger partial charge in [0.25, 0.3) is 0 Å². The Morgan fingerprint density at radius 2 is 1.32 bits per heavy atom. The molecule has 0 aliphatic rings. The lowest BCUT2D eigenvalue weighted by molar-refractivity contribution is -0.146. The van der Waals surface area contributed by atoms with Gasteiger partial charge < -0.3 is 75.1 Å². The van der Waals surface area contributed by atoms with E-state index in [-0.39, 0.29) is 24.0 Å². The van der Waals surface area contributed by atoms with E-state index in [4.69, 9.17) is 28.8 Å². The number of benzene rings is 1. The number of carbonyl (C=O) groups is 9. The molecular formula is C59H100IN7O16S. The SMILES string of the molecule is C/C=C(\C)CC(C)CC/C=C(\C)C(=O)O.CC(C)CCC=O.CCC(C)C(NC(=O)CN(C)C(=O)[C@@H](Cc1ccc(OC(=O)NCCCOCCOCCOCCCNC(=O)OCCSI)cc1)N(C)C(=O)C(C)NC)C(=O)N[C@H](C)C(=O)O. The number of hydrogen-bond donors (Lipinski definition) is 7. The summed E-state index contributed by atoms with van der Waals surface area (Å²) in [6, 6.07) is 2.61. The van der Waals surface area contributed by atoms with Gasteiger partial charge in [-0.3, -0.25) is 24.0 Å². The third-order valence-corrected chi connectivity index (χ3v) is 14.5. The van der Waals surface area contributed by atoms with Crippen molar-refractivity contribution >= 4 is 84.2 Å². The van der Waals surface area contributed by atoms with E-state index in [0.29, 0.717) is 102 Å². The van der Waals surface area contributed by atoms with Gasteiger partial charge in [-0.25, -0.2) is 14.4 Å². The second-order valence-corrected chi connectivity index (χ2v) is 23.1. The lowest BCUT2D eigenvalue weighted by atomic mass is 9.97. The summed E-state index contributed by atoms with van der Waals surface area (Å²) in [6.07, 6.45) is 10.4. The Morgan fingerprint density at radius 3 is 1.81 bits per heavy atom. The Bertz CT molecular complexity index is 2140. The monoisotopic (exact) mass is 1320 g/mol. The molecule has 84 heavy (non-hydrogen) atoms. The van der Waals surface area contributed by atoms with E-state index in [1.165, 1.54) is 31.5 Å². The number of nitrogens with zero attached hydrogens (tertiary/aromatic N) is 2. The molecule has 6 atom stereocenters. The first-order valence-electron chi connectivity index (χ1n) is 28.7. The molecule has 6 amide bonds. The zero-order valence-corrected chi connectivity index (χ0v) is 55.0. The van der Waals surface area contributed by atoms with Crippen LogP contribution in [0.4, 0.5) is 9.59 Å². The van der Waals surface area contributed by atoms with Crippen LogP contribution < -0.4 is 31.3 Å². The van der Waals surface area contributed by atoms with Crippen molar-refractivity contribution in [3.8, 4) is 5.75 Å². The second kappa shape index (κ2) is 49.9. The average molecular weight is 1320 g/mol. The Labute approximate surface area is 515 Å². The largest absolute Gasteiger partial charge is 0.480 e. The molecule has 0 spiro atoms. The summed E-state index contributed by atoms with van der Waals surface area (Å²) >= 11 is 2.14. The zero-order chi connectivity index (χ0) is 64.0. The highest BCUT2D eigenvalue weighted by atomic mass is 127. The predicted molar refractivity (Wildman–Crippen MR) is 335 cm³/mol. The first-order valence-corrected chi connectivity index (χ1v) is 32.2. The molecule has 4 unspecified atom stereocenters. The van der Waals surface area contributed by atoms with E-state index < -0.39 is 72.6 Å². The summed E-state index contributed by atoms with van der Waals surface area (Å²) in [6.45, 7) is 22.0. The molecule has 1 aromatic carbocycles. The average Bonchev–Trinajstić information content (AvgIpc) is 3.51. The number of alkyl carbamates (subject to hydrolysis) is 1. The number of allylic oxidation sites excluding steroid dienone is 3. The van der Waals surface area contributed by atoms with E-state index in [1.807, 2.05) is 13.0 Å². The lowest BCUT2D eigenvalue weighted by Crippen LogP contribution is -2.57. The van der Waals surface area contributed by atoms with Crippen LogP contribution >= 0.6 is 30.1 Å². The molecule has 0 fully saturated rings. The van der Waals surface area contributed by atoms with Crippen molar-refractivity contribution < 1.29 is 77.0 Å². The van der Waals surface area contributed by atoms with Crippen LogP contribution in [0.3, 0.4) is 0 Å². The molecule has 23 nitrogen and oxygen atoms in total. The number of carbonyl (C=O) groups excluding carboxylic acids is 7. The van der Waals surface area contributed by atoms with Crippen LogP contribution in [0, 0.1) is 17.8 Å². The van der Waals surface area contributed by atoms with Crippen LogP contribution in [0.1, 0.15) is 126 Å². The maximum absolute atomic E-state index is 13.9. The standard InChI is InChI=1S/C40H66IN7O13S.C13H22O2.C6H12O/c1-8-27(2)34(35(50)45-29(4)38(53)54)46-33(49)26-47(6)37(52)32(48(7)36(51)28(3)42-5)25-30-11-13-31(14-12-30)61-40(56)44-16-10-18-58-20-22-59-21-19-57-17-9-15-43-39(55)60-23-24-62-41;1-5-10(2)9-11(3)7-6-8-12(4)13(14)15;1-6(2)4-3-5-7/h11-14,27-29,32,34,42H,8-10,15-26H2,1-7H3,(H,43,55)(H,44,56)(H,45,50)(H,46,49)(H,53,54);5,8,11H,6-7,9H2,1-4H3,(H,14,15);5-6H,3-4H2,1-2H3/b;10-5+,12-8+;/t27?,28?,29-,32-,34?;;/m1../s1. The third kappa shape index (κ3) is 40.8. The Hall–Kier alpha value is -5.35. The van der Waals surface area contributed by atoms with Gasteiger partial charge in [0.1, 0.15) is 36.8 Å². The van der Waals surface area contributed by atoms with Crippen LogP contribution in [0.15, 0.2) is 47.6 Å². The van der Waals surface area contributed by atoms with Gasteiger partial charge in [0, 0.05) is 64.6 Å². The highest BCUT2D eigenvalue weighted by Crippen LogP contribution is 2.19. The van der Waals surface area contributed by atoms with Crippen molar-refractivity contribution in [1.29, 1.82) is 0 Å². The fourth-order valence-corrected chi connectivity index (χ4v) is 7.88. The number of ether oxygens (including phenoxy) is 5. The van der Waals surface area contributed by atoms with E-state index in [1.54, 1.807) is 61.0 Å². The molecule has 480 valence electrons. The van der Waals surface area contributed by atoms with Crippen molar-refractivity contribution in [2.24, 2.45) is 17.8 Å². The van der Waals surface area contributed by atoms with E-state index in [9.17, 15) is 48.3 Å². The molecule has 0 aliphatic carbocycles. The van der Waals surface area contributed by atoms with Crippen LogP contribution in [0.25, 0.3) is 0 Å². The maximum atomic E-state index is 13.9. The molecule has 0 saturated carbocycles. The molecule has 0 bridgehead atoms. The molecule has 0 saturated heterocycles. The minimum absolute atomic E-state index is 0.0664. The molecule has 25 heteroatoms. The number of nitrogens with one attached hydrogen (secondary N) is 5. The summed E-state index contributed by atoms with van der Waals surface area (Å²) in [5.41, 5.74) is 2.50. The minimum atomic E-state index is -1.23. The summed E-state index contributed by atoms with van der Waals surface area (Å²) in [5, 5.41) is 31.1. The summed E-state index contributed by atoms with van der Waals surface area (Å²) in [5.74, 6) is -2.28. The van der Waals surface area contributed by atoms with Gasteiger partial charge in [0.05, 0.1) is 39.0 Å². The second-order valence-electron chi connectivity index (χ2n) is 20.6. The molecule has 0 aliphatic heterocycles. The molecule has 7 N–H and O–H groups in total. The van der Waals surface area contributed by atoms with Crippen LogP contribution in [0.2, 0.25) is 0 Å². The van der Waals surface area contributed by atoms with Gasteiger partial charge in [-0.2, -0.15) is 0 Å². The van der Waals surface area contributed by atoms with Crippen molar-refractivity contribution in [3.05, 3.63) is 53.1 Å². The van der Waals surface area contributed by atoms with Crippen LogP contribution in [-0.2, 0) is 58.9 Å². The summed E-state index contributed by atoms with van der Waals surface area (Å²) < 4.78 is 26.9. The van der Waals surface area contributed by atoms with Crippen LogP contribution in [-0.4, -0.2) is 191 Å². The Morgan fingerprint density at radius 1 is 0.750 bits per heavy atom. The molecule has 0 radical (unpaired) electrons. The van der Waals surface area contributed by atoms with Crippen molar-refractivity contribution in [1.82, 2.24) is 36.4 Å². The Balaban J connectivity index is 0. The highest BCUT2D eigenvalue weighted by Gasteiger charge is 2.34. The number of rotatable bonds is 41. The van der Waals surface area contributed by atoms with Crippen molar-refractivity contribution in [2.45, 2.75) is 151 Å². The number of aliphatic carboxylic acids is 2. The van der Waals surface area contributed by atoms with Gasteiger partial charge in [0.15, 0.2) is 0 Å². The quantitative estimate of drug-likeness (QED) is 0.0111. The van der Waals surface area contributed by atoms with Crippen LogP contribution in [0.5, 0.6) is 5.75 Å².